The quantitative estimate of drug-likeness (QED) is 0.146. The van der Waals surface area contributed by atoms with Crippen molar-refractivity contribution in [3.05, 3.63) is 237 Å². The number of rotatable bonds is 7. The summed E-state index contributed by atoms with van der Waals surface area (Å²) in [6.07, 6.45) is -18.7. The van der Waals surface area contributed by atoms with Crippen LogP contribution in [-0.4, -0.2) is 9.13 Å². The minimum atomic E-state index is -4.75. The Morgan fingerprint density at radius 1 is 0.314 bits per heavy atom. The first kappa shape index (κ1) is 56.9. The zero-order valence-electron chi connectivity index (χ0n) is 46.6. The SMILES string of the molecule is Cc1ccc(-c2ccc3c(c2)c2cc(-c4ccc(C)cc4C(F)(F)F)ccc2n3-c2cc(C#N)cc(-n3c4ccc(-c5ccc(C(F)(F)F)cc5C)cc4c4cc(-c5ccc(C(F)(F)F)cc5C)ccc43)c2-c2ccc(C(F)(F)F)cc2C)c(C)c1. The molecule has 2 aromatic heterocycles. The molecule has 0 N–H and O–H groups in total. The van der Waals surface area contributed by atoms with Crippen molar-refractivity contribution >= 4 is 43.6 Å². The summed E-state index contributed by atoms with van der Waals surface area (Å²) < 4.78 is 176. The molecule has 86 heavy (non-hydrogen) atoms. The second-order valence-corrected chi connectivity index (χ2v) is 22.0. The Bertz CT molecular complexity index is 4720. The number of halogens is 12. The third-order valence-corrected chi connectivity index (χ3v) is 16.3. The number of aryl methyl sites for hydroxylation is 6. The predicted octanol–water partition coefficient (Wildman–Crippen LogP) is 22.0. The van der Waals surface area contributed by atoms with E-state index < -0.39 is 47.0 Å². The van der Waals surface area contributed by atoms with Crippen molar-refractivity contribution in [3.63, 3.8) is 0 Å². The van der Waals surface area contributed by atoms with Crippen LogP contribution in [0.25, 0.3) is 111 Å². The molecule has 10 aromatic carbocycles. The van der Waals surface area contributed by atoms with Crippen molar-refractivity contribution in [3.8, 4) is 73.1 Å². The van der Waals surface area contributed by atoms with E-state index in [2.05, 4.69) is 6.07 Å². The normalized spacial score (nSPS) is 12.5. The van der Waals surface area contributed by atoms with E-state index >= 15 is 0 Å². The molecular formula is C71H47F12N3. The van der Waals surface area contributed by atoms with E-state index in [0.717, 1.165) is 64.7 Å². The molecule has 0 unspecified atom stereocenters. The van der Waals surface area contributed by atoms with Crippen LogP contribution in [0.5, 0.6) is 0 Å². The molecule has 0 bridgehead atoms. The molecule has 3 nitrogen and oxygen atoms in total. The number of alkyl halides is 12. The van der Waals surface area contributed by atoms with Gasteiger partial charge in [0.15, 0.2) is 0 Å². The van der Waals surface area contributed by atoms with Crippen LogP contribution in [-0.2, 0) is 24.7 Å². The number of benzene rings is 10. The number of fused-ring (bicyclic) bond motifs is 6. The van der Waals surface area contributed by atoms with Gasteiger partial charge < -0.3 is 9.13 Å². The summed E-state index contributed by atoms with van der Waals surface area (Å²) in [4.78, 5) is 0. The lowest BCUT2D eigenvalue weighted by Crippen LogP contribution is -2.08. The number of hydrogen-bond acceptors (Lipinski definition) is 1. The van der Waals surface area contributed by atoms with E-state index in [1.807, 2.05) is 59.4 Å². The number of nitriles is 1. The summed E-state index contributed by atoms with van der Waals surface area (Å²) in [5, 5.41) is 13.3. The highest BCUT2D eigenvalue weighted by Gasteiger charge is 2.36. The second kappa shape index (κ2) is 20.3. The fraction of sp³-hybridized carbons (Fsp3) is 0.141. The number of hydrogen-bond donors (Lipinski definition) is 0. The highest BCUT2D eigenvalue weighted by atomic mass is 19.4. The van der Waals surface area contributed by atoms with Crippen molar-refractivity contribution in [2.75, 3.05) is 0 Å². The maximum absolute atomic E-state index is 14.9. The summed E-state index contributed by atoms with van der Waals surface area (Å²) in [6.45, 7) is 10.2. The first-order valence-electron chi connectivity index (χ1n) is 27.1. The number of aromatic nitrogens is 2. The molecule has 15 heteroatoms. The summed E-state index contributed by atoms with van der Waals surface area (Å²) in [7, 11) is 0. The first-order valence-corrected chi connectivity index (χ1v) is 27.1. The molecule has 430 valence electrons. The van der Waals surface area contributed by atoms with Gasteiger partial charge in [0.2, 0.25) is 0 Å². The van der Waals surface area contributed by atoms with Gasteiger partial charge in [-0.3, -0.25) is 0 Å². The van der Waals surface area contributed by atoms with E-state index in [-0.39, 0.29) is 22.3 Å². The third-order valence-electron chi connectivity index (χ3n) is 16.3. The van der Waals surface area contributed by atoms with Crippen LogP contribution in [0, 0.1) is 52.9 Å². The van der Waals surface area contributed by atoms with Crippen molar-refractivity contribution in [2.45, 2.75) is 66.2 Å². The molecule has 12 rings (SSSR count). The molecule has 0 saturated carbocycles. The van der Waals surface area contributed by atoms with Crippen LogP contribution >= 0.6 is 0 Å². The lowest BCUT2D eigenvalue weighted by Gasteiger charge is -2.22. The van der Waals surface area contributed by atoms with Crippen molar-refractivity contribution in [2.24, 2.45) is 0 Å². The Hall–Kier alpha value is -9.55. The first-order chi connectivity index (χ1) is 40.6. The lowest BCUT2D eigenvalue weighted by molar-refractivity contribution is -0.138. The van der Waals surface area contributed by atoms with Crippen molar-refractivity contribution in [1.29, 1.82) is 5.26 Å². The van der Waals surface area contributed by atoms with Gasteiger partial charge in [0.1, 0.15) is 0 Å². The Labute approximate surface area is 485 Å². The van der Waals surface area contributed by atoms with Crippen LogP contribution in [0.3, 0.4) is 0 Å². The van der Waals surface area contributed by atoms with Gasteiger partial charge in [0.05, 0.1) is 67.3 Å². The molecule has 0 spiro atoms. The third kappa shape index (κ3) is 9.90. The molecule has 0 saturated heterocycles. The lowest BCUT2D eigenvalue weighted by atomic mass is 9.93. The van der Waals surface area contributed by atoms with E-state index in [0.29, 0.717) is 105 Å². The molecular weight excluding hydrogens is 1120 g/mol. The van der Waals surface area contributed by atoms with Gasteiger partial charge in [-0.2, -0.15) is 57.9 Å². The molecule has 0 aliphatic heterocycles. The Morgan fingerprint density at radius 3 is 0.953 bits per heavy atom. The second-order valence-electron chi connectivity index (χ2n) is 22.0. The molecule has 0 radical (unpaired) electrons. The van der Waals surface area contributed by atoms with Crippen LogP contribution in [0.4, 0.5) is 52.7 Å². The fourth-order valence-electron chi connectivity index (χ4n) is 12.3. The van der Waals surface area contributed by atoms with Gasteiger partial charge in [0, 0.05) is 27.1 Å². The zero-order valence-corrected chi connectivity index (χ0v) is 46.6. The highest BCUT2D eigenvalue weighted by Crippen LogP contribution is 2.48. The van der Waals surface area contributed by atoms with Gasteiger partial charge in [0.25, 0.3) is 0 Å². The maximum atomic E-state index is 14.9. The smallest absolute Gasteiger partial charge is 0.308 e. The maximum Gasteiger partial charge on any atom is 0.417 e. The van der Waals surface area contributed by atoms with Gasteiger partial charge in [-0.1, -0.05) is 83.9 Å². The Kier molecular flexibility index (Phi) is 13.4. The average molecular weight is 1170 g/mol. The summed E-state index contributed by atoms with van der Waals surface area (Å²) in [5.41, 5.74) is 6.91. The van der Waals surface area contributed by atoms with Crippen LogP contribution in [0.2, 0.25) is 0 Å². The zero-order chi connectivity index (χ0) is 61.3. The molecule has 0 atom stereocenters. The van der Waals surface area contributed by atoms with E-state index in [9.17, 15) is 57.9 Å². The van der Waals surface area contributed by atoms with E-state index in [4.69, 9.17) is 0 Å². The predicted molar refractivity (Wildman–Crippen MR) is 315 cm³/mol. The summed E-state index contributed by atoms with van der Waals surface area (Å²) in [6, 6.07) is 47.0. The standard InChI is InChI=1S/C71H47F12N3/c1-37-7-16-51(39(3)25-37)44-9-21-63-58(32-44)59-35-47(55-17-8-38(2)26-60(55)71(81,82)83)12-24-64(59)86(63)66-31-43(36-84)30-65(67(66)54-20-15-50(29-42(54)6)70(78,79)80)85-61-22-10-45(52-18-13-48(27-40(52)4)68(72,73)74)33-56(61)57-34-46(11-23-62(57)85)53-19-14-49(28-41(53)5)69(75,76)77/h7-35H,1-6H3. The summed E-state index contributed by atoms with van der Waals surface area (Å²) >= 11 is 0. The minimum Gasteiger partial charge on any atom is -0.308 e. The molecule has 0 aliphatic rings. The molecule has 0 fully saturated rings. The van der Waals surface area contributed by atoms with Crippen LogP contribution in [0.1, 0.15) is 61.2 Å². The molecule has 0 amide bonds. The minimum absolute atomic E-state index is 0.0640. The monoisotopic (exact) mass is 1170 g/mol. The van der Waals surface area contributed by atoms with Gasteiger partial charge in [-0.05, 0) is 217 Å². The Morgan fingerprint density at radius 2 is 0.628 bits per heavy atom. The number of nitrogens with zero attached hydrogens (tertiary/aromatic N) is 3. The average Bonchev–Trinajstić information content (AvgIpc) is 1.58. The van der Waals surface area contributed by atoms with Crippen molar-refractivity contribution in [1.82, 2.24) is 9.13 Å². The molecule has 12 aromatic rings. The van der Waals surface area contributed by atoms with Crippen LogP contribution in [0.15, 0.2) is 176 Å². The highest BCUT2D eigenvalue weighted by molar-refractivity contribution is 6.15. The van der Waals surface area contributed by atoms with Crippen LogP contribution < -0.4 is 0 Å². The summed E-state index contributed by atoms with van der Waals surface area (Å²) in [5.74, 6) is 0. The van der Waals surface area contributed by atoms with Gasteiger partial charge in [-0.25, -0.2) is 0 Å². The molecule has 2 heterocycles. The van der Waals surface area contributed by atoms with Gasteiger partial charge in [-0.15, -0.1) is 0 Å². The largest absolute Gasteiger partial charge is 0.417 e. The molecule has 0 aliphatic carbocycles. The van der Waals surface area contributed by atoms with E-state index in [1.54, 1.807) is 93.6 Å². The van der Waals surface area contributed by atoms with E-state index in [1.165, 1.54) is 31.2 Å². The fourth-order valence-corrected chi connectivity index (χ4v) is 12.3. The van der Waals surface area contributed by atoms with Gasteiger partial charge >= 0.3 is 24.7 Å². The Balaban J connectivity index is 1.21. The van der Waals surface area contributed by atoms with Crippen molar-refractivity contribution < 1.29 is 52.7 Å². The topological polar surface area (TPSA) is 33.6 Å².